The molecule has 0 aliphatic carbocycles. The van der Waals surface area contributed by atoms with Crippen LogP contribution in [0.5, 0.6) is 0 Å². The van der Waals surface area contributed by atoms with Crippen LogP contribution in [0.15, 0.2) is 29.8 Å². The molecule has 15 heavy (non-hydrogen) atoms. The van der Waals surface area contributed by atoms with Crippen molar-refractivity contribution in [3.63, 3.8) is 0 Å². The number of allylic oxidation sites excluding steroid dienone is 1. The number of benzene rings is 1. The van der Waals surface area contributed by atoms with Gasteiger partial charge in [0.15, 0.2) is 0 Å². The van der Waals surface area contributed by atoms with Crippen LogP contribution in [0.2, 0.25) is 5.02 Å². The van der Waals surface area contributed by atoms with Crippen LogP contribution in [-0.4, -0.2) is 7.05 Å². The van der Waals surface area contributed by atoms with Crippen molar-refractivity contribution in [3.05, 3.63) is 46.3 Å². The number of hydrogen-bond donors (Lipinski definition) is 1. The first-order chi connectivity index (χ1) is 7.04. The molecule has 0 spiro atoms. The summed E-state index contributed by atoms with van der Waals surface area (Å²) in [6.45, 7) is 4.05. The van der Waals surface area contributed by atoms with Gasteiger partial charge in [-0.2, -0.15) is 0 Å². The predicted molar refractivity (Wildman–Crippen MR) is 62.6 cm³/mol. The molecule has 0 saturated carbocycles. The molecule has 0 bridgehead atoms. The van der Waals surface area contributed by atoms with E-state index in [2.05, 4.69) is 11.4 Å². The highest BCUT2D eigenvalue weighted by atomic mass is 35.5. The summed E-state index contributed by atoms with van der Waals surface area (Å²) in [5.74, 6) is -0.382. The van der Waals surface area contributed by atoms with E-state index in [9.17, 15) is 4.39 Å². The Labute approximate surface area is 95.0 Å². The molecule has 82 valence electrons. The summed E-state index contributed by atoms with van der Waals surface area (Å²) in [5, 5.41) is 3.30. The van der Waals surface area contributed by atoms with Crippen LogP contribution in [0.25, 0.3) is 0 Å². The van der Waals surface area contributed by atoms with Crippen molar-refractivity contribution >= 4 is 11.6 Å². The zero-order chi connectivity index (χ0) is 11.4. The standard InChI is InChI=1S/C12H15ClFN/c1-8(2)6-12(15-3)9-4-5-11(14)10(13)7-9/h4-7,12,15H,1-3H3. The highest BCUT2D eigenvalue weighted by Crippen LogP contribution is 2.22. The molecule has 3 heteroatoms. The minimum atomic E-state index is -0.382. The second kappa shape index (κ2) is 5.29. The fourth-order valence-electron chi connectivity index (χ4n) is 1.39. The van der Waals surface area contributed by atoms with Gasteiger partial charge in [0.1, 0.15) is 5.82 Å². The average Bonchev–Trinajstić information content (AvgIpc) is 2.18. The van der Waals surface area contributed by atoms with Gasteiger partial charge in [0.2, 0.25) is 0 Å². The number of nitrogens with one attached hydrogen (secondary N) is 1. The molecular weight excluding hydrogens is 213 g/mol. The van der Waals surface area contributed by atoms with Crippen LogP contribution in [0.1, 0.15) is 25.5 Å². The quantitative estimate of drug-likeness (QED) is 0.777. The van der Waals surface area contributed by atoms with E-state index in [1.165, 1.54) is 11.6 Å². The zero-order valence-corrected chi connectivity index (χ0v) is 9.90. The molecule has 1 atom stereocenters. The number of rotatable bonds is 3. The van der Waals surface area contributed by atoms with E-state index in [1.807, 2.05) is 20.9 Å². The molecule has 0 saturated heterocycles. The van der Waals surface area contributed by atoms with Crippen molar-refractivity contribution in [2.24, 2.45) is 0 Å². The fraction of sp³-hybridized carbons (Fsp3) is 0.333. The van der Waals surface area contributed by atoms with Crippen molar-refractivity contribution in [1.29, 1.82) is 0 Å². The van der Waals surface area contributed by atoms with E-state index >= 15 is 0 Å². The van der Waals surface area contributed by atoms with E-state index in [-0.39, 0.29) is 16.9 Å². The van der Waals surface area contributed by atoms with Crippen molar-refractivity contribution in [2.75, 3.05) is 7.05 Å². The van der Waals surface area contributed by atoms with E-state index < -0.39 is 0 Å². The Bertz CT molecular complexity index is 370. The molecule has 0 aromatic heterocycles. The van der Waals surface area contributed by atoms with Gasteiger partial charge in [-0.25, -0.2) is 4.39 Å². The molecule has 0 aliphatic rings. The Kier molecular flexibility index (Phi) is 4.30. The molecule has 0 heterocycles. The third-order valence-corrected chi connectivity index (χ3v) is 2.40. The smallest absolute Gasteiger partial charge is 0.141 e. The van der Waals surface area contributed by atoms with Crippen LogP contribution in [0.3, 0.4) is 0 Å². The number of likely N-dealkylation sites (N-methyl/N-ethyl adjacent to an activating group) is 1. The van der Waals surface area contributed by atoms with Gasteiger partial charge in [0, 0.05) is 0 Å². The first-order valence-corrected chi connectivity index (χ1v) is 5.19. The lowest BCUT2D eigenvalue weighted by molar-refractivity contribution is 0.625. The third kappa shape index (κ3) is 3.33. The second-order valence-corrected chi connectivity index (χ2v) is 4.09. The average molecular weight is 228 g/mol. The molecule has 0 fully saturated rings. The fourth-order valence-corrected chi connectivity index (χ4v) is 1.57. The first kappa shape index (κ1) is 12.2. The van der Waals surface area contributed by atoms with Gasteiger partial charge >= 0.3 is 0 Å². The summed E-state index contributed by atoms with van der Waals surface area (Å²) in [7, 11) is 1.86. The van der Waals surface area contributed by atoms with Gasteiger partial charge in [-0.15, -0.1) is 0 Å². The topological polar surface area (TPSA) is 12.0 Å². The molecule has 1 unspecified atom stereocenters. The molecule has 1 rings (SSSR count). The Morgan fingerprint density at radius 3 is 2.60 bits per heavy atom. The van der Waals surface area contributed by atoms with Crippen LogP contribution in [0.4, 0.5) is 4.39 Å². The summed E-state index contributed by atoms with van der Waals surface area (Å²) >= 11 is 5.73. The van der Waals surface area contributed by atoms with Gasteiger partial charge in [0.25, 0.3) is 0 Å². The maximum Gasteiger partial charge on any atom is 0.141 e. The van der Waals surface area contributed by atoms with E-state index in [0.29, 0.717) is 0 Å². The van der Waals surface area contributed by atoms with Gasteiger partial charge in [-0.1, -0.05) is 29.3 Å². The maximum atomic E-state index is 13.0. The van der Waals surface area contributed by atoms with Gasteiger partial charge in [-0.05, 0) is 38.6 Å². The monoisotopic (exact) mass is 227 g/mol. The number of hydrogen-bond acceptors (Lipinski definition) is 1. The van der Waals surface area contributed by atoms with Gasteiger partial charge < -0.3 is 5.32 Å². The second-order valence-electron chi connectivity index (χ2n) is 3.68. The lowest BCUT2D eigenvalue weighted by atomic mass is 10.0. The minimum absolute atomic E-state index is 0.0769. The molecule has 0 radical (unpaired) electrons. The molecule has 0 aliphatic heterocycles. The lowest BCUT2D eigenvalue weighted by Gasteiger charge is -2.13. The molecule has 0 amide bonds. The van der Waals surface area contributed by atoms with Crippen LogP contribution in [0, 0.1) is 5.82 Å². The normalized spacial score (nSPS) is 12.3. The zero-order valence-electron chi connectivity index (χ0n) is 9.14. The van der Waals surface area contributed by atoms with Crippen molar-refractivity contribution < 1.29 is 4.39 Å². The first-order valence-electron chi connectivity index (χ1n) is 4.82. The summed E-state index contributed by atoms with van der Waals surface area (Å²) in [4.78, 5) is 0. The largest absolute Gasteiger partial charge is 0.310 e. The summed E-state index contributed by atoms with van der Waals surface area (Å²) in [6.07, 6.45) is 2.07. The molecular formula is C12H15ClFN. The van der Waals surface area contributed by atoms with Crippen molar-refractivity contribution in [3.8, 4) is 0 Å². The van der Waals surface area contributed by atoms with Gasteiger partial charge in [0.05, 0.1) is 11.1 Å². The summed E-state index contributed by atoms with van der Waals surface area (Å²) < 4.78 is 13.0. The van der Waals surface area contributed by atoms with E-state index in [1.54, 1.807) is 12.1 Å². The minimum Gasteiger partial charge on any atom is -0.310 e. The Morgan fingerprint density at radius 1 is 1.47 bits per heavy atom. The molecule has 1 aromatic rings. The highest BCUT2D eigenvalue weighted by molar-refractivity contribution is 6.30. The molecule has 1 nitrogen and oxygen atoms in total. The van der Waals surface area contributed by atoms with Crippen LogP contribution >= 0.6 is 11.6 Å². The summed E-state index contributed by atoms with van der Waals surface area (Å²) in [6, 6.07) is 4.85. The third-order valence-electron chi connectivity index (χ3n) is 2.11. The Balaban J connectivity index is 3.03. The van der Waals surface area contributed by atoms with Crippen molar-refractivity contribution in [1.82, 2.24) is 5.32 Å². The highest BCUT2D eigenvalue weighted by Gasteiger charge is 2.08. The predicted octanol–water partition coefficient (Wildman–Crippen LogP) is 3.71. The molecule has 1 aromatic carbocycles. The SMILES string of the molecule is CNC(C=C(C)C)c1ccc(F)c(Cl)c1. The number of halogens is 2. The molecule has 1 N–H and O–H groups in total. The maximum absolute atomic E-state index is 13.0. The van der Waals surface area contributed by atoms with Crippen LogP contribution in [-0.2, 0) is 0 Å². The van der Waals surface area contributed by atoms with E-state index in [4.69, 9.17) is 11.6 Å². The van der Waals surface area contributed by atoms with E-state index in [0.717, 1.165) is 5.56 Å². The Morgan fingerprint density at radius 2 is 2.13 bits per heavy atom. The Hall–Kier alpha value is -0.860. The van der Waals surface area contributed by atoms with Crippen LogP contribution < -0.4 is 5.32 Å². The van der Waals surface area contributed by atoms with Crippen molar-refractivity contribution in [2.45, 2.75) is 19.9 Å². The lowest BCUT2D eigenvalue weighted by Crippen LogP contribution is -2.14. The van der Waals surface area contributed by atoms with Gasteiger partial charge in [-0.3, -0.25) is 0 Å². The summed E-state index contributed by atoms with van der Waals surface area (Å²) in [5.41, 5.74) is 2.17.